The van der Waals surface area contributed by atoms with Gasteiger partial charge in [-0.3, -0.25) is 4.79 Å². The minimum atomic E-state index is -1.80. The van der Waals surface area contributed by atoms with Gasteiger partial charge < -0.3 is 65.1 Å². The summed E-state index contributed by atoms with van der Waals surface area (Å²) < 4.78 is 22.8. The summed E-state index contributed by atoms with van der Waals surface area (Å²) in [7, 11) is 0. The SMILES string of the molecule is CC/C=C\C/C=C\C/C=C\C/C=C\C/C=C\C/C=C\C/C=C\C/C=C\C/C=C\C/C=C\C/C=C\CCCCCCCCCC(=O)NC(COC1OC(CO)C(OC2OC(CO)C(O)C(O)C2O)C(O)C1O)C(O)/C=C/CCCCCCCCCCCCCCC. The van der Waals surface area contributed by atoms with E-state index in [1.54, 1.807) is 6.08 Å². The molecule has 2 rings (SSSR count). The number of carbonyl (C=O) groups excluding carboxylic acids is 1. The van der Waals surface area contributed by atoms with Crippen molar-refractivity contribution in [1.82, 2.24) is 5.32 Å². The van der Waals surface area contributed by atoms with Gasteiger partial charge in [0.05, 0.1) is 32.0 Å². The summed E-state index contributed by atoms with van der Waals surface area (Å²) in [6.07, 6.45) is 71.8. The van der Waals surface area contributed by atoms with Gasteiger partial charge in [0.2, 0.25) is 5.91 Å². The highest BCUT2D eigenvalue weighted by Gasteiger charge is 2.51. The number of hydrogen-bond donors (Lipinski definition) is 9. The maximum absolute atomic E-state index is 13.3. The lowest BCUT2D eigenvalue weighted by Crippen LogP contribution is -2.65. The fourth-order valence-corrected chi connectivity index (χ4v) is 10.5. The highest BCUT2D eigenvalue weighted by atomic mass is 16.7. The standard InChI is InChI=1S/C76H125NO13/c1-3-5-7-9-11-13-15-17-19-20-21-22-23-24-25-26-27-28-29-30-31-32-33-34-35-36-37-38-39-40-41-42-43-44-46-48-50-52-54-56-58-60-68(81)77-64(65(80)59-57-55-53-51-49-47-45-18-16-14-12-10-8-6-4-2)63-87-75-73(86)71(84)74(67(62-79)89-75)90-76-72(85)70(83)69(82)66(61-78)88-76/h5,7,11,13,17,19,21-22,24-25,27-28,30-31,33-34,36-37,39-40,42-43,57,59,64-67,69-76,78-80,82-86H,3-4,6,8-10,12,14-16,18,20,23,26,29,32,35,38,41,44-56,58,60-63H2,1-2H3,(H,77,81)/b7-5-,13-11-,19-17-,22-21-,25-24-,28-27-,31-30-,34-33-,37-36-,40-39-,43-42-,59-57+. The second-order valence-electron chi connectivity index (χ2n) is 23.9. The number of ether oxygens (including phenoxy) is 4. The van der Waals surface area contributed by atoms with Gasteiger partial charge in [-0.1, -0.05) is 269 Å². The number of allylic oxidation sites excluding steroid dienone is 23. The molecule has 0 aromatic carbocycles. The molecule has 2 heterocycles. The van der Waals surface area contributed by atoms with Crippen LogP contribution in [0.15, 0.2) is 146 Å². The van der Waals surface area contributed by atoms with Crippen molar-refractivity contribution in [3.05, 3.63) is 146 Å². The number of carbonyl (C=O) groups is 1. The van der Waals surface area contributed by atoms with Crippen molar-refractivity contribution in [2.45, 2.75) is 306 Å². The molecule has 1 amide bonds. The van der Waals surface area contributed by atoms with E-state index in [0.29, 0.717) is 6.42 Å². The zero-order chi connectivity index (χ0) is 65.2. The first-order valence-corrected chi connectivity index (χ1v) is 35.1. The van der Waals surface area contributed by atoms with Gasteiger partial charge in [-0.25, -0.2) is 0 Å². The lowest BCUT2D eigenvalue weighted by molar-refractivity contribution is -0.359. The van der Waals surface area contributed by atoms with E-state index in [-0.39, 0.29) is 18.9 Å². The average molecular weight is 1260 g/mol. The van der Waals surface area contributed by atoms with Gasteiger partial charge in [0.25, 0.3) is 0 Å². The van der Waals surface area contributed by atoms with Gasteiger partial charge in [0, 0.05) is 6.42 Å². The Kier molecular flexibility index (Phi) is 53.4. The Morgan fingerprint density at radius 3 is 1.18 bits per heavy atom. The van der Waals surface area contributed by atoms with Crippen molar-refractivity contribution < 1.29 is 64.6 Å². The Morgan fingerprint density at radius 2 is 0.767 bits per heavy atom. The van der Waals surface area contributed by atoms with Crippen LogP contribution in [0, 0.1) is 0 Å². The first-order valence-electron chi connectivity index (χ1n) is 35.1. The van der Waals surface area contributed by atoms with Gasteiger partial charge in [-0.05, 0) is 103 Å². The summed E-state index contributed by atoms with van der Waals surface area (Å²) in [5.74, 6) is -0.256. The highest BCUT2D eigenvalue weighted by Crippen LogP contribution is 2.30. The second kappa shape index (κ2) is 58.7. The molecule has 2 fully saturated rings. The van der Waals surface area contributed by atoms with Gasteiger partial charge in [-0.2, -0.15) is 0 Å². The number of amides is 1. The van der Waals surface area contributed by atoms with E-state index in [9.17, 15) is 45.6 Å². The maximum atomic E-state index is 13.3. The molecule has 0 spiro atoms. The van der Waals surface area contributed by atoms with Crippen LogP contribution < -0.4 is 5.32 Å². The van der Waals surface area contributed by atoms with Gasteiger partial charge >= 0.3 is 0 Å². The molecule has 0 aromatic heterocycles. The van der Waals surface area contributed by atoms with Crippen LogP contribution in [-0.4, -0.2) is 140 Å². The number of unbranched alkanes of at least 4 members (excludes halogenated alkanes) is 20. The first-order chi connectivity index (χ1) is 44.1. The van der Waals surface area contributed by atoms with Crippen LogP contribution in [0.2, 0.25) is 0 Å². The Hall–Kier alpha value is -4.13. The number of aliphatic hydroxyl groups excluding tert-OH is 8. The topological polar surface area (TPSA) is 228 Å². The second-order valence-corrected chi connectivity index (χ2v) is 23.9. The van der Waals surface area contributed by atoms with E-state index in [4.69, 9.17) is 18.9 Å². The smallest absolute Gasteiger partial charge is 0.220 e. The van der Waals surface area contributed by atoms with Crippen molar-refractivity contribution in [2.24, 2.45) is 0 Å². The summed E-state index contributed by atoms with van der Waals surface area (Å²) in [5, 5.41) is 87.3. The molecule has 12 unspecified atom stereocenters. The average Bonchev–Trinajstić information content (AvgIpc) is 1.58. The maximum Gasteiger partial charge on any atom is 0.220 e. The van der Waals surface area contributed by atoms with Gasteiger partial charge in [0.1, 0.15) is 48.8 Å². The Bertz CT molecular complexity index is 2070. The van der Waals surface area contributed by atoms with Crippen LogP contribution in [-0.2, 0) is 23.7 Å². The predicted molar refractivity (Wildman–Crippen MR) is 368 cm³/mol. The van der Waals surface area contributed by atoms with Crippen molar-refractivity contribution in [3.8, 4) is 0 Å². The fourth-order valence-electron chi connectivity index (χ4n) is 10.5. The van der Waals surface area contributed by atoms with E-state index in [2.05, 4.69) is 153 Å². The van der Waals surface area contributed by atoms with E-state index in [1.807, 2.05) is 6.08 Å². The largest absolute Gasteiger partial charge is 0.394 e. The Morgan fingerprint density at radius 1 is 0.411 bits per heavy atom. The number of hydrogen-bond acceptors (Lipinski definition) is 13. The predicted octanol–water partition coefficient (Wildman–Crippen LogP) is 14.5. The normalized spacial score (nSPS) is 23.8. The number of aliphatic hydroxyl groups is 8. The summed E-state index contributed by atoms with van der Waals surface area (Å²) in [5.41, 5.74) is 0. The van der Waals surface area contributed by atoms with Gasteiger partial charge in [-0.15, -0.1) is 0 Å². The Labute approximate surface area is 544 Å². The summed E-state index contributed by atoms with van der Waals surface area (Å²) in [6, 6.07) is -0.931. The molecular weight excluding hydrogens is 1130 g/mol. The highest BCUT2D eigenvalue weighted by molar-refractivity contribution is 5.76. The molecule has 2 aliphatic rings. The summed E-state index contributed by atoms with van der Waals surface area (Å²) in [6.45, 7) is 2.66. The van der Waals surface area contributed by atoms with Crippen LogP contribution in [0.25, 0.3) is 0 Å². The lowest BCUT2D eigenvalue weighted by Gasteiger charge is -2.46. The molecule has 14 heteroatoms. The van der Waals surface area contributed by atoms with Crippen LogP contribution in [0.3, 0.4) is 0 Å². The first kappa shape index (κ1) is 82.0. The zero-order valence-corrected chi connectivity index (χ0v) is 55.6. The number of rotatable bonds is 55. The lowest BCUT2D eigenvalue weighted by atomic mass is 9.97. The summed E-state index contributed by atoms with van der Waals surface area (Å²) in [4.78, 5) is 13.3. The molecule has 9 N–H and O–H groups in total. The van der Waals surface area contributed by atoms with Crippen LogP contribution in [0.4, 0.5) is 0 Å². The molecule has 12 atom stereocenters. The zero-order valence-electron chi connectivity index (χ0n) is 55.6. The molecule has 14 nitrogen and oxygen atoms in total. The third-order valence-electron chi connectivity index (χ3n) is 16.0. The monoisotopic (exact) mass is 1260 g/mol. The van der Waals surface area contributed by atoms with Gasteiger partial charge in [0.15, 0.2) is 12.6 Å². The van der Waals surface area contributed by atoms with Crippen LogP contribution in [0.1, 0.15) is 232 Å². The molecule has 0 bridgehead atoms. The van der Waals surface area contributed by atoms with Crippen molar-refractivity contribution >= 4 is 5.91 Å². The quantitative estimate of drug-likeness (QED) is 0.0204. The molecule has 0 aliphatic carbocycles. The van der Waals surface area contributed by atoms with Crippen LogP contribution in [0.5, 0.6) is 0 Å². The molecule has 2 aliphatic heterocycles. The molecule has 0 aromatic rings. The van der Waals surface area contributed by atoms with Crippen molar-refractivity contribution in [3.63, 3.8) is 0 Å². The third kappa shape index (κ3) is 42.2. The molecule has 0 saturated carbocycles. The molecule has 0 radical (unpaired) electrons. The molecule has 512 valence electrons. The molecule has 90 heavy (non-hydrogen) atoms. The van der Waals surface area contributed by atoms with Crippen LogP contribution >= 0.6 is 0 Å². The molecular formula is C76H125NO13. The minimum absolute atomic E-state index is 0.256. The van der Waals surface area contributed by atoms with Crippen molar-refractivity contribution in [1.29, 1.82) is 0 Å². The van der Waals surface area contributed by atoms with E-state index in [0.717, 1.165) is 135 Å². The Balaban J connectivity index is 1.63. The molecule has 2 saturated heterocycles. The van der Waals surface area contributed by atoms with E-state index >= 15 is 0 Å². The van der Waals surface area contributed by atoms with E-state index < -0.39 is 86.8 Å². The fraction of sp³-hybridized carbons (Fsp3) is 0.671. The van der Waals surface area contributed by atoms with Crippen molar-refractivity contribution in [2.75, 3.05) is 19.8 Å². The summed E-state index contributed by atoms with van der Waals surface area (Å²) >= 11 is 0. The van der Waals surface area contributed by atoms with E-state index in [1.165, 1.54) is 70.6 Å². The minimum Gasteiger partial charge on any atom is -0.394 e. The number of nitrogens with one attached hydrogen (secondary N) is 1. The third-order valence-corrected chi connectivity index (χ3v) is 16.0.